The van der Waals surface area contributed by atoms with Crippen molar-refractivity contribution in [3.05, 3.63) is 58.6 Å². The topological polar surface area (TPSA) is 50.4 Å². The molecule has 2 N–H and O–H groups in total. The molecule has 2 aromatic carbocycles. The van der Waals surface area contributed by atoms with Crippen molar-refractivity contribution in [3.63, 3.8) is 0 Å². The first-order valence-corrected chi connectivity index (χ1v) is 7.86. The quantitative estimate of drug-likeness (QED) is 0.794. The molecule has 0 aliphatic rings. The van der Waals surface area contributed by atoms with Crippen molar-refractivity contribution in [3.8, 4) is 5.75 Å². The average molecular weight is 363 g/mol. The molecule has 0 saturated heterocycles. The van der Waals surface area contributed by atoms with Gasteiger partial charge in [-0.05, 0) is 42.3 Å². The third kappa shape index (κ3) is 5.41. The van der Waals surface area contributed by atoms with E-state index in [1.807, 2.05) is 48.5 Å². The fourth-order valence-electron chi connectivity index (χ4n) is 1.98. The van der Waals surface area contributed by atoms with Gasteiger partial charge in [0.25, 0.3) is 0 Å². The summed E-state index contributed by atoms with van der Waals surface area (Å²) in [5.74, 6) is 0.819. The van der Waals surface area contributed by atoms with Crippen LogP contribution >= 0.6 is 15.9 Å². The van der Waals surface area contributed by atoms with Gasteiger partial charge >= 0.3 is 0 Å². The molecule has 2 rings (SSSR count). The summed E-state index contributed by atoms with van der Waals surface area (Å²) in [6.07, 6.45) is 0.798. The van der Waals surface area contributed by atoms with Crippen molar-refractivity contribution < 1.29 is 9.53 Å². The van der Waals surface area contributed by atoms with Crippen LogP contribution in [0.1, 0.15) is 5.56 Å². The summed E-state index contributed by atoms with van der Waals surface area (Å²) in [4.78, 5) is 11.8. The van der Waals surface area contributed by atoms with Crippen LogP contribution in [0.5, 0.6) is 5.75 Å². The number of nitrogens with one attached hydrogen (secondary N) is 2. The molecule has 4 nitrogen and oxygen atoms in total. The Labute approximate surface area is 139 Å². The SMILES string of the molecule is COc1ccc(CCNC(=O)CNc2cccc(Br)c2)cc1. The predicted octanol–water partition coefficient (Wildman–Crippen LogP) is 3.23. The van der Waals surface area contributed by atoms with Crippen LogP contribution in [0.15, 0.2) is 53.0 Å². The van der Waals surface area contributed by atoms with E-state index < -0.39 is 0 Å². The number of methoxy groups -OCH3 is 1. The van der Waals surface area contributed by atoms with Crippen LogP contribution in [0.25, 0.3) is 0 Å². The Bertz CT molecular complexity index is 614. The smallest absolute Gasteiger partial charge is 0.239 e. The molecule has 0 unspecified atom stereocenters. The molecule has 1 amide bonds. The van der Waals surface area contributed by atoms with E-state index in [-0.39, 0.29) is 12.5 Å². The number of carbonyl (C=O) groups is 1. The number of rotatable bonds is 7. The number of halogens is 1. The highest BCUT2D eigenvalue weighted by Crippen LogP contribution is 2.15. The molecule has 0 heterocycles. The molecule has 0 spiro atoms. The highest BCUT2D eigenvalue weighted by Gasteiger charge is 2.01. The van der Waals surface area contributed by atoms with Crippen molar-refractivity contribution in [2.24, 2.45) is 0 Å². The largest absolute Gasteiger partial charge is 0.497 e. The Morgan fingerprint density at radius 3 is 2.64 bits per heavy atom. The normalized spacial score (nSPS) is 10.1. The highest BCUT2D eigenvalue weighted by atomic mass is 79.9. The van der Waals surface area contributed by atoms with Gasteiger partial charge in [0, 0.05) is 16.7 Å². The maximum absolute atomic E-state index is 11.8. The van der Waals surface area contributed by atoms with Gasteiger partial charge < -0.3 is 15.4 Å². The lowest BCUT2D eigenvalue weighted by Gasteiger charge is -2.08. The van der Waals surface area contributed by atoms with E-state index in [9.17, 15) is 4.79 Å². The van der Waals surface area contributed by atoms with Crippen molar-refractivity contribution in [2.45, 2.75) is 6.42 Å². The number of hydrogen-bond acceptors (Lipinski definition) is 3. The van der Waals surface area contributed by atoms with E-state index in [1.165, 1.54) is 5.56 Å². The molecule has 0 aliphatic heterocycles. The summed E-state index contributed by atoms with van der Waals surface area (Å²) in [6, 6.07) is 15.6. The lowest BCUT2D eigenvalue weighted by Crippen LogP contribution is -2.31. The highest BCUT2D eigenvalue weighted by molar-refractivity contribution is 9.10. The third-order valence-corrected chi connectivity index (χ3v) is 3.67. The van der Waals surface area contributed by atoms with Crippen molar-refractivity contribution in [1.29, 1.82) is 0 Å². The molecule has 0 bridgehead atoms. The number of amides is 1. The zero-order valence-corrected chi connectivity index (χ0v) is 14.0. The van der Waals surface area contributed by atoms with Crippen molar-refractivity contribution in [2.75, 3.05) is 25.5 Å². The van der Waals surface area contributed by atoms with Crippen LogP contribution in [0.4, 0.5) is 5.69 Å². The molecule has 0 aromatic heterocycles. The van der Waals surface area contributed by atoms with E-state index in [0.29, 0.717) is 6.54 Å². The Hall–Kier alpha value is -2.01. The van der Waals surface area contributed by atoms with Crippen molar-refractivity contribution in [1.82, 2.24) is 5.32 Å². The minimum Gasteiger partial charge on any atom is -0.497 e. The van der Waals surface area contributed by atoms with E-state index in [4.69, 9.17) is 4.74 Å². The number of benzene rings is 2. The van der Waals surface area contributed by atoms with E-state index in [0.717, 1.165) is 22.3 Å². The van der Waals surface area contributed by atoms with Crippen LogP contribution in [-0.4, -0.2) is 26.1 Å². The Morgan fingerprint density at radius 1 is 1.18 bits per heavy atom. The molecule has 0 radical (unpaired) electrons. The van der Waals surface area contributed by atoms with Gasteiger partial charge in [0.2, 0.25) is 5.91 Å². The summed E-state index contributed by atoms with van der Waals surface area (Å²) in [5.41, 5.74) is 2.08. The van der Waals surface area contributed by atoms with Gasteiger partial charge in [0.05, 0.1) is 13.7 Å². The summed E-state index contributed by atoms with van der Waals surface area (Å²) < 4.78 is 6.10. The van der Waals surface area contributed by atoms with Crippen LogP contribution in [0.2, 0.25) is 0 Å². The summed E-state index contributed by atoms with van der Waals surface area (Å²) in [7, 11) is 1.65. The third-order valence-electron chi connectivity index (χ3n) is 3.17. The molecule has 116 valence electrons. The predicted molar refractivity (Wildman–Crippen MR) is 92.3 cm³/mol. The number of hydrogen-bond donors (Lipinski definition) is 2. The minimum absolute atomic E-state index is 0.0199. The van der Waals surface area contributed by atoms with Crippen LogP contribution in [-0.2, 0) is 11.2 Å². The lowest BCUT2D eigenvalue weighted by atomic mass is 10.1. The lowest BCUT2D eigenvalue weighted by molar-refractivity contribution is -0.119. The maximum atomic E-state index is 11.8. The molecule has 22 heavy (non-hydrogen) atoms. The molecule has 0 saturated carbocycles. The fourth-order valence-corrected chi connectivity index (χ4v) is 2.38. The first-order valence-electron chi connectivity index (χ1n) is 7.06. The number of ether oxygens (including phenoxy) is 1. The Morgan fingerprint density at radius 2 is 1.95 bits per heavy atom. The zero-order valence-electron chi connectivity index (χ0n) is 12.4. The summed E-state index contributed by atoms with van der Waals surface area (Å²) in [6.45, 7) is 0.879. The van der Waals surface area contributed by atoms with Gasteiger partial charge in [-0.15, -0.1) is 0 Å². The van der Waals surface area contributed by atoms with E-state index >= 15 is 0 Å². The van der Waals surface area contributed by atoms with Gasteiger partial charge in [0.15, 0.2) is 0 Å². The van der Waals surface area contributed by atoms with Gasteiger partial charge in [-0.3, -0.25) is 4.79 Å². The van der Waals surface area contributed by atoms with Crippen LogP contribution in [0.3, 0.4) is 0 Å². The second kappa shape index (κ2) is 8.44. The minimum atomic E-state index is -0.0199. The molecule has 0 aliphatic carbocycles. The molecule has 0 fully saturated rings. The second-order valence-electron chi connectivity index (χ2n) is 4.81. The number of anilines is 1. The Balaban J connectivity index is 1.69. The zero-order chi connectivity index (χ0) is 15.8. The van der Waals surface area contributed by atoms with Crippen LogP contribution < -0.4 is 15.4 Å². The summed E-state index contributed by atoms with van der Waals surface area (Å²) >= 11 is 3.40. The van der Waals surface area contributed by atoms with Gasteiger partial charge in [-0.25, -0.2) is 0 Å². The molecule has 2 aromatic rings. The summed E-state index contributed by atoms with van der Waals surface area (Å²) in [5, 5.41) is 5.99. The van der Waals surface area contributed by atoms with Crippen LogP contribution in [0, 0.1) is 0 Å². The van der Waals surface area contributed by atoms with Crippen molar-refractivity contribution >= 4 is 27.5 Å². The monoisotopic (exact) mass is 362 g/mol. The molecule has 5 heteroatoms. The first kappa shape index (κ1) is 16.4. The van der Waals surface area contributed by atoms with Gasteiger partial charge in [0.1, 0.15) is 5.75 Å². The molecule has 0 atom stereocenters. The van der Waals surface area contributed by atoms with E-state index in [1.54, 1.807) is 7.11 Å². The standard InChI is InChI=1S/C17H19BrN2O2/c1-22-16-7-5-13(6-8-16)9-10-19-17(21)12-20-15-4-2-3-14(18)11-15/h2-8,11,20H,9-10,12H2,1H3,(H,19,21). The second-order valence-corrected chi connectivity index (χ2v) is 5.73. The fraction of sp³-hybridized carbons (Fsp3) is 0.235. The van der Waals surface area contributed by atoms with Gasteiger partial charge in [-0.2, -0.15) is 0 Å². The average Bonchev–Trinajstić information content (AvgIpc) is 2.54. The first-order chi connectivity index (χ1) is 10.7. The molecular weight excluding hydrogens is 344 g/mol. The molecular formula is C17H19BrN2O2. The van der Waals surface area contributed by atoms with E-state index in [2.05, 4.69) is 26.6 Å². The number of carbonyl (C=O) groups excluding carboxylic acids is 1. The van der Waals surface area contributed by atoms with Gasteiger partial charge in [-0.1, -0.05) is 34.1 Å². The maximum Gasteiger partial charge on any atom is 0.239 e. The Kier molecular flexibility index (Phi) is 6.27.